The molecule has 3 amide bonds. The monoisotopic (exact) mass is 605 g/mol. The van der Waals surface area contributed by atoms with Crippen LogP contribution in [0, 0.1) is 19.7 Å². The highest BCUT2D eigenvalue weighted by atomic mass is 19.1. The molecule has 1 aliphatic carbocycles. The number of rotatable bonds is 7. The maximum Gasteiger partial charge on any atom is 0.327 e. The van der Waals surface area contributed by atoms with Crippen molar-refractivity contribution < 1.29 is 28.6 Å². The van der Waals surface area contributed by atoms with Crippen molar-refractivity contribution in [2.45, 2.75) is 84.1 Å². The molecule has 0 radical (unpaired) electrons. The highest BCUT2D eigenvalue weighted by molar-refractivity contribution is 6.04. The molecule has 2 aliphatic rings. The molecular formula is C34H40FN3O6. The Morgan fingerprint density at radius 3 is 2.11 bits per heavy atom. The van der Waals surface area contributed by atoms with Gasteiger partial charge in [-0.3, -0.25) is 14.5 Å². The van der Waals surface area contributed by atoms with Crippen LogP contribution in [0.5, 0.6) is 17.2 Å². The molecule has 44 heavy (non-hydrogen) atoms. The van der Waals surface area contributed by atoms with Crippen molar-refractivity contribution >= 4 is 11.9 Å². The first-order valence-corrected chi connectivity index (χ1v) is 14.9. The van der Waals surface area contributed by atoms with Crippen LogP contribution in [-0.2, 0) is 17.4 Å². The number of hydrogen-bond acceptors (Lipinski definition) is 6. The van der Waals surface area contributed by atoms with Crippen molar-refractivity contribution in [1.82, 2.24) is 14.4 Å². The van der Waals surface area contributed by atoms with Gasteiger partial charge in [-0.05, 0) is 101 Å². The van der Waals surface area contributed by atoms with Crippen LogP contribution in [0.25, 0.3) is 11.1 Å². The number of nitrogens with zero attached hydrogens (tertiary/aromatic N) is 3. The van der Waals surface area contributed by atoms with Crippen molar-refractivity contribution in [3.8, 4) is 28.4 Å². The number of aromatic nitrogens is 1. The summed E-state index contributed by atoms with van der Waals surface area (Å²) in [6.45, 7) is 8.65. The fraction of sp³-hybridized carbons (Fsp3) is 0.441. The number of halogens is 1. The summed E-state index contributed by atoms with van der Waals surface area (Å²) in [5, 5.41) is 10.8. The molecule has 1 atom stereocenters. The van der Waals surface area contributed by atoms with Crippen molar-refractivity contribution in [3.05, 3.63) is 75.5 Å². The maximum absolute atomic E-state index is 14.0. The Morgan fingerprint density at radius 2 is 1.55 bits per heavy atom. The van der Waals surface area contributed by atoms with Gasteiger partial charge in [0.05, 0.1) is 11.7 Å². The van der Waals surface area contributed by atoms with Gasteiger partial charge in [0.25, 0.3) is 11.5 Å². The molecule has 2 heterocycles. The summed E-state index contributed by atoms with van der Waals surface area (Å²) in [6, 6.07) is 8.66. The second-order valence-corrected chi connectivity index (χ2v) is 12.6. The summed E-state index contributed by atoms with van der Waals surface area (Å²) >= 11 is 0. The zero-order chi connectivity index (χ0) is 32.1. The van der Waals surface area contributed by atoms with Crippen molar-refractivity contribution in [2.75, 3.05) is 7.05 Å². The Balaban J connectivity index is 1.49. The van der Waals surface area contributed by atoms with Gasteiger partial charge in [0.2, 0.25) is 0 Å². The Labute approximate surface area is 256 Å². The molecule has 1 saturated heterocycles. The average Bonchev–Trinajstić information content (AvgIpc) is 3.14. The Kier molecular flexibility index (Phi) is 8.33. The number of aryl methyl sites for hydroxylation is 3. The fourth-order valence-corrected chi connectivity index (χ4v) is 6.02. The van der Waals surface area contributed by atoms with Gasteiger partial charge in [0.1, 0.15) is 29.1 Å². The molecule has 5 rings (SSSR count). The van der Waals surface area contributed by atoms with E-state index in [2.05, 4.69) is 0 Å². The first-order chi connectivity index (χ1) is 20.6. The van der Waals surface area contributed by atoms with E-state index in [1.54, 1.807) is 67.0 Å². The second kappa shape index (κ2) is 11.7. The summed E-state index contributed by atoms with van der Waals surface area (Å²) in [4.78, 5) is 41.1. The molecule has 1 N–H and O–H groups in total. The first kappa shape index (κ1) is 31.3. The van der Waals surface area contributed by atoms with Crippen LogP contribution in [-0.4, -0.2) is 56.6 Å². The number of likely N-dealkylation sites (N-methyl/N-ethyl adjacent to an activating group) is 1. The number of benzene rings is 2. The van der Waals surface area contributed by atoms with E-state index in [1.807, 2.05) is 6.07 Å². The van der Waals surface area contributed by atoms with Crippen LogP contribution in [0.2, 0.25) is 0 Å². The summed E-state index contributed by atoms with van der Waals surface area (Å²) in [5.74, 6) is 0.797. The molecule has 2 fully saturated rings. The van der Waals surface area contributed by atoms with Gasteiger partial charge in [-0.25, -0.2) is 9.18 Å². The van der Waals surface area contributed by atoms with Crippen LogP contribution in [0.3, 0.4) is 0 Å². The van der Waals surface area contributed by atoms with E-state index in [1.165, 1.54) is 32.6 Å². The molecule has 0 unspecified atom stereocenters. The normalized spacial score (nSPS) is 20.8. The van der Waals surface area contributed by atoms with Crippen molar-refractivity contribution in [3.63, 3.8) is 0 Å². The van der Waals surface area contributed by atoms with E-state index < -0.39 is 11.6 Å². The number of ether oxygens (including phenoxy) is 2. The van der Waals surface area contributed by atoms with E-state index in [0.717, 1.165) is 0 Å². The van der Waals surface area contributed by atoms with Gasteiger partial charge < -0.3 is 24.0 Å². The molecule has 0 bridgehead atoms. The summed E-state index contributed by atoms with van der Waals surface area (Å²) in [7, 11) is 3.29. The minimum absolute atomic E-state index is 0.179. The third-order valence-corrected chi connectivity index (χ3v) is 8.79. The molecule has 1 saturated carbocycles. The average molecular weight is 606 g/mol. The van der Waals surface area contributed by atoms with E-state index in [-0.39, 0.29) is 35.5 Å². The van der Waals surface area contributed by atoms with E-state index >= 15 is 0 Å². The van der Waals surface area contributed by atoms with Crippen LogP contribution in [0.15, 0.2) is 47.4 Å². The van der Waals surface area contributed by atoms with Crippen molar-refractivity contribution in [2.24, 2.45) is 7.05 Å². The van der Waals surface area contributed by atoms with Crippen LogP contribution in [0.4, 0.5) is 9.18 Å². The number of carbonyl (C=O) groups is 2. The Hall–Kier alpha value is -4.18. The zero-order valence-electron chi connectivity index (χ0n) is 26.3. The molecule has 1 aromatic heterocycles. The first-order valence-electron chi connectivity index (χ1n) is 14.9. The minimum atomic E-state index is -1.16. The number of carbonyl (C=O) groups excluding carboxylic acids is 2. The van der Waals surface area contributed by atoms with Gasteiger partial charge in [-0.2, -0.15) is 0 Å². The largest absolute Gasteiger partial charge is 0.490 e. The number of imide groups is 1. The lowest BCUT2D eigenvalue weighted by Crippen LogP contribution is -2.44. The topological polar surface area (TPSA) is 101 Å². The van der Waals surface area contributed by atoms with Gasteiger partial charge in [-0.1, -0.05) is 6.07 Å². The second-order valence-electron chi connectivity index (χ2n) is 12.6. The van der Waals surface area contributed by atoms with E-state index in [0.29, 0.717) is 70.7 Å². The van der Waals surface area contributed by atoms with Crippen LogP contribution < -0.4 is 15.0 Å². The molecule has 9 nitrogen and oxygen atoms in total. The number of aliphatic hydroxyl groups is 1. The van der Waals surface area contributed by atoms with Gasteiger partial charge in [0.15, 0.2) is 0 Å². The number of hydrogen-bond donors (Lipinski definition) is 1. The molecule has 10 heteroatoms. The molecule has 2 aromatic carbocycles. The van der Waals surface area contributed by atoms with Crippen LogP contribution in [0.1, 0.15) is 63.1 Å². The van der Waals surface area contributed by atoms with Gasteiger partial charge in [0, 0.05) is 43.5 Å². The Morgan fingerprint density at radius 1 is 0.909 bits per heavy atom. The van der Waals surface area contributed by atoms with E-state index in [4.69, 9.17) is 9.47 Å². The third kappa shape index (κ3) is 5.95. The fourth-order valence-electron chi connectivity index (χ4n) is 6.02. The Bertz CT molecular complexity index is 1630. The molecule has 3 aromatic rings. The quantitative estimate of drug-likeness (QED) is 0.342. The number of amides is 3. The zero-order valence-corrected chi connectivity index (χ0v) is 26.3. The van der Waals surface area contributed by atoms with Gasteiger partial charge >= 0.3 is 6.03 Å². The molecular weight excluding hydrogens is 565 g/mol. The lowest BCUT2D eigenvalue weighted by atomic mass is 9.91. The van der Waals surface area contributed by atoms with E-state index in [9.17, 15) is 23.9 Å². The lowest BCUT2D eigenvalue weighted by molar-refractivity contribution is -0.130. The van der Waals surface area contributed by atoms with Crippen molar-refractivity contribution in [1.29, 1.82) is 0 Å². The minimum Gasteiger partial charge on any atom is -0.490 e. The lowest BCUT2D eigenvalue weighted by Gasteiger charge is -2.33. The summed E-state index contributed by atoms with van der Waals surface area (Å²) < 4.78 is 28.4. The third-order valence-electron chi connectivity index (χ3n) is 8.79. The predicted molar refractivity (Wildman–Crippen MR) is 164 cm³/mol. The summed E-state index contributed by atoms with van der Waals surface area (Å²) in [5.41, 5.74) is 1.66. The molecule has 234 valence electrons. The molecule has 1 aliphatic heterocycles. The highest BCUT2D eigenvalue weighted by Gasteiger charge is 2.45. The van der Waals surface area contributed by atoms with Gasteiger partial charge in [-0.15, -0.1) is 0 Å². The maximum atomic E-state index is 14.0. The number of pyridine rings is 1. The van der Waals surface area contributed by atoms with Crippen LogP contribution >= 0.6 is 0 Å². The predicted octanol–water partition coefficient (Wildman–Crippen LogP) is 5.80. The molecule has 0 spiro atoms. The number of urea groups is 1. The summed E-state index contributed by atoms with van der Waals surface area (Å²) in [6.07, 6.45) is 3.81. The highest BCUT2D eigenvalue weighted by Crippen LogP contribution is 2.42. The SMILES string of the molecule is Cc1cc(F)cc(C)c1Oc1ccc(C(C)(C)O)cc1-c1cn(C)c(=O)cc1O[C@H]1CC[C@H](N2C(=O)[C@@H](C)N(C)C2=O)CC1. The standard InChI is InChI=1S/C34H40FN3O6/c1-19-14-23(35)15-20(2)31(19)44-28-13-8-22(34(4,5)42)16-26(28)27-18-36(6)30(39)17-29(27)43-25-11-9-24(10-12-25)38-32(40)21(3)37(7)33(38)41/h8,13-18,21,24-25,42H,9-12H2,1-7H3/t21-,24-,25-/m1/s1. The smallest absolute Gasteiger partial charge is 0.327 e.